The molecule has 4 N–H and O–H groups in total. The molecule has 0 aliphatic carbocycles. The number of imide groups is 1. The van der Waals surface area contributed by atoms with Gasteiger partial charge in [0.05, 0.1) is 60.9 Å². The van der Waals surface area contributed by atoms with Crippen LogP contribution in [0, 0.1) is 27.9 Å². The number of nitro benzene ring substituents is 1. The fraction of sp³-hybridized carbons (Fsp3) is 0.516. The second-order valence-corrected chi connectivity index (χ2v) is 22.4. The van der Waals surface area contributed by atoms with Gasteiger partial charge in [-0.2, -0.15) is 5.10 Å². The quantitative estimate of drug-likeness (QED) is 0.0104. The van der Waals surface area contributed by atoms with Gasteiger partial charge in [0.25, 0.3) is 23.4 Å². The van der Waals surface area contributed by atoms with Gasteiger partial charge in [0.1, 0.15) is 17.6 Å². The van der Waals surface area contributed by atoms with Crippen LogP contribution in [0.4, 0.5) is 11.4 Å². The topological polar surface area (TPSA) is 315 Å². The van der Waals surface area contributed by atoms with Gasteiger partial charge in [0.2, 0.25) is 35.9 Å². The third-order valence-corrected chi connectivity index (χ3v) is 16.1. The second-order valence-electron chi connectivity index (χ2n) is 22.4. The van der Waals surface area contributed by atoms with Crippen molar-refractivity contribution in [1.82, 2.24) is 35.7 Å². The predicted octanol–water partition coefficient (Wildman–Crippen LogP) is 5.84. The number of hydrazone groups is 1. The highest BCUT2D eigenvalue weighted by Gasteiger charge is 2.43. The van der Waals surface area contributed by atoms with Crippen LogP contribution in [0.1, 0.15) is 132 Å². The van der Waals surface area contributed by atoms with Gasteiger partial charge in [-0.1, -0.05) is 96.0 Å². The molecular formula is C64H88N10O15. The van der Waals surface area contributed by atoms with E-state index in [4.69, 9.17) is 14.2 Å². The Morgan fingerprint density at radius 1 is 0.865 bits per heavy atom. The number of esters is 1. The summed E-state index contributed by atoms with van der Waals surface area (Å²) < 4.78 is 16.9. The first-order chi connectivity index (χ1) is 42.4. The lowest BCUT2D eigenvalue weighted by Gasteiger charge is -2.39. The van der Waals surface area contributed by atoms with E-state index in [0.29, 0.717) is 57.0 Å². The van der Waals surface area contributed by atoms with Crippen LogP contribution in [-0.2, 0) is 59.0 Å². The van der Waals surface area contributed by atoms with E-state index in [1.165, 1.54) is 74.6 Å². The van der Waals surface area contributed by atoms with Gasteiger partial charge in [-0.3, -0.25) is 58.2 Å². The molecule has 89 heavy (non-hydrogen) atoms. The molecule has 3 aromatic rings. The maximum atomic E-state index is 14.4. The number of benzene rings is 3. The van der Waals surface area contributed by atoms with E-state index in [9.17, 15) is 58.1 Å². The number of likely N-dealkylation sites (tertiary alicyclic amines) is 1. The lowest BCUT2D eigenvalue weighted by atomic mass is 9.90. The lowest BCUT2D eigenvalue weighted by Crippen LogP contribution is -2.56. The minimum absolute atomic E-state index is 0.0652. The Labute approximate surface area is 520 Å². The Kier molecular flexibility index (Phi) is 29.4. The minimum atomic E-state index is -1.02. The van der Waals surface area contributed by atoms with Crippen LogP contribution in [0.5, 0.6) is 0 Å². The van der Waals surface area contributed by atoms with Crippen LogP contribution in [0.3, 0.4) is 0 Å². The van der Waals surface area contributed by atoms with Gasteiger partial charge < -0.3 is 44.9 Å². The summed E-state index contributed by atoms with van der Waals surface area (Å²) in [7, 11) is 7.28. The number of carbonyl (C=O) groups is 10. The molecule has 25 heteroatoms. The highest BCUT2D eigenvalue weighted by molar-refractivity contribution is 6.04. The zero-order chi connectivity index (χ0) is 66.1. The zero-order valence-corrected chi connectivity index (χ0v) is 53.1. The maximum absolute atomic E-state index is 14.4. The Bertz CT molecular complexity index is 3010. The molecule has 25 nitrogen and oxygen atoms in total. The average Bonchev–Trinajstić information content (AvgIpc) is 3.89. The first-order valence-electron chi connectivity index (χ1n) is 29.9. The molecule has 3 aromatic carbocycles. The van der Waals surface area contributed by atoms with Gasteiger partial charge in [-0.15, -0.1) is 0 Å². The van der Waals surface area contributed by atoms with Gasteiger partial charge in [-0.05, 0) is 92.8 Å². The van der Waals surface area contributed by atoms with Crippen molar-refractivity contribution in [2.45, 2.75) is 143 Å². The number of hydrogen-bond acceptors (Lipinski definition) is 16. The predicted molar refractivity (Wildman–Crippen MR) is 333 cm³/mol. The van der Waals surface area contributed by atoms with E-state index >= 15 is 0 Å². The largest absolute Gasteiger partial charge is 0.467 e. The monoisotopic (exact) mass is 1240 g/mol. The summed E-state index contributed by atoms with van der Waals surface area (Å²) in [5, 5.41) is 24.3. The van der Waals surface area contributed by atoms with Crippen molar-refractivity contribution >= 4 is 76.7 Å². The van der Waals surface area contributed by atoms with E-state index in [-0.39, 0.29) is 60.2 Å². The number of nitrogens with one attached hydrogen (secondary N) is 4. The van der Waals surface area contributed by atoms with Crippen LogP contribution in [0.15, 0.2) is 90.0 Å². The molecule has 0 radical (unpaired) electrons. The number of ether oxygens (including phenoxy) is 3. The zero-order valence-electron chi connectivity index (χ0n) is 53.1. The second kappa shape index (κ2) is 35.9. The van der Waals surface area contributed by atoms with Crippen molar-refractivity contribution in [3.05, 3.63) is 117 Å². The molecule has 0 spiro atoms. The lowest BCUT2D eigenvalue weighted by molar-refractivity contribution is -0.385. The fourth-order valence-electron chi connectivity index (χ4n) is 10.9. The summed E-state index contributed by atoms with van der Waals surface area (Å²) in [5.41, 5.74) is 3.31. The Balaban J connectivity index is 1.35. The van der Waals surface area contributed by atoms with E-state index in [2.05, 4.69) is 26.5 Å². The van der Waals surface area contributed by atoms with Gasteiger partial charge in [0, 0.05) is 71.6 Å². The number of methoxy groups -OCH3 is 3. The number of nitro groups is 1. The van der Waals surface area contributed by atoms with E-state index in [0.717, 1.165) is 16.5 Å². The number of hydrogen-bond donors (Lipinski definition) is 4. The molecule has 4 rings (SSSR count). The van der Waals surface area contributed by atoms with Gasteiger partial charge in [0.15, 0.2) is 0 Å². The third-order valence-electron chi connectivity index (χ3n) is 16.1. The maximum Gasteiger partial charge on any atom is 0.328 e. The molecule has 8 atom stereocenters. The van der Waals surface area contributed by atoms with Crippen LogP contribution < -0.4 is 21.4 Å². The molecule has 0 aromatic heterocycles. The average molecular weight is 1240 g/mol. The van der Waals surface area contributed by atoms with Crippen molar-refractivity contribution in [3.8, 4) is 0 Å². The van der Waals surface area contributed by atoms with Crippen molar-refractivity contribution in [2.75, 3.05) is 60.4 Å². The highest BCUT2D eigenvalue weighted by atomic mass is 16.6. The SMILES string of the molecule is C/C=C\C(=O)N(C=O)CCCCCC(=O)Nc1ccc(C(=O)N/N=C(\C)c2ccc(C(=O)N(C)C(C(=O)NCC(=O)N(C)C(C(C)CC)C(CC(=O)N3CCCC3C(OC)C(C)C(=O)NC(Cc3ccccc3)C(=O)OC)OC)C(C)C)cc2)c([N+](=O)[O-])c1. The van der Waals surface area contributed by atoms with Gasteiger partial charge >= 0.3 is 5.97 Å². The summed E-state index contributed by atoms with van der Waals surface area (Å²) in [6.45, 7) is 12.5. The van der Waals surface area contributed by atoms with Crippen LogP contribution in [0.2, 0.25) is 0 Å². The molecule has 484 valence electrons. The van der Waals surface area contributed by atoms with Crippen molar-refractivity contribution < 1.29 is 67.1 Å². The number of nitrogens with zero attached hydrogens (tertiary/aromatic N) is 6. The molecule has 1 saturated heterocycles. The number of allylic oxidation sites excluding steroid dienone is 1. The third kappa shape index (κ3) is 20.7. The van der Waals surface area contributed by atoms with Crippen LogP contribution >= 0.6 is 0 Å². The number of unbranched alkanes of at least 4 members (excludes halogenated alkanes) is 2. The van der Waals surface area contributed by atoms with E-state index < -0.39 is 113 Å². The van der Waals surface area contributed by atoms with E-state index in [1.54, 1.807) is 58.7 Å². The summed E-state index contributed by atoms with van der Waals surface area (Å²) >= 11 is 0. The Morgan fingerprint density at radius 2 is 1.54 bits per heavy atom. The Hall–Kier alpha value is -8.71. The number of anilines is 1. The summed E-state index contributed by atoms with van der Waals surface area (Å²) in [5.74, 6) is -5.96. The van der Waals surface area contributed by atoms with Gasteiger partial charge in [-0.25, -0.2) is 10.2 Å². The van der Waals surface area contributed by atoms with Crippen LogP contribution in [-0.4, -0.2) is 181 Å². The molecule has 0 bridgehead atoms. The molecule has 8 unspecified atom stereocenters. The number of likely N-dealkylation sites (N-methyl/N-ethyl adjacent to an activating group) is 2. The summed E-state index contributed by atoms with van der Waals surface area (Å²) in [6.07, 6.45) is 5.18. The standard InChI is InChI=1S/C64H88N10O15/c1-13-22-54(77)72(39-75)33-20-16-19-26-53(76)66-47-31-32-48(51(36-47)74(85)86)61(81)69-68-43(7)45-27-29-46(30-28-45)63(83)71(9)57(40(3)4)62(82)65-38-56(79)70(8)58(41(5)14-2)52(87-10)37-55(78)73-34-21-25-50(73)59(88-11)42(6)60(80)67-49(64(84)89-12)35-44-23-17-15-18-24-44/h13,15,17-18,22-24,27-32,36,39-42,49-50,52,57-59H,14,16,19-21,25-26,33-35,37-38H2,1-12H3,(H,65,82)(H,66,76)(H,67,80)(H,69,81)/b22-13-,68-43+. The Morgan fingerprint density at radius 3 is 2.13 bits per heavy atom. The fourth-order valence-corrected chi connectivity index (χ4v) is 10.9. The van der Waals surface area contributed by atoms with Crippen molar-refractivity contribution in [1.29, 1.82) is 0 Å². The first kappa shape index (κ1) is 72.8. The molecule has 0 saturated carbocycles. The number of carbonyl (C=O) groups excluding carboxylic acids is 10. The highest BCUT2D eigenvalue weighted by Crippen LogP contribution is 2.30. The molecule has 1 aliphatic rings. The first-order valence-corrected chi connectivity index (χ1v) is 29.9. The minimum Gasteiger partial charge on any atom is -0.467 e. The van der Waals surface area contributed by atoms with E-state index in [1.807, 2.05) is 44.2 Å². The normalized spacial score (nSPS) is 15.5. The smallest absolute Gasteiger partial charge is 0.328 e. The number of amides is 9. The van der Waals surface area contributed by atoms with Crippen molar-refractivity contribution in [3.63, 3.8) is 0 Å². The van der Waals surface area contributed by atoms with Crippen LogP contribution in [0.25, 0.3) is 0 Å². The molecule has 1 heterocycles. The summed E-state index contributed by atoms with van der Waals surface area (Å²) in [4.78, 5) is 149. The number of rotatable bonds is 34. The molecular weight excluding hydrogens is 1150 g/mol. The molecule has 1 aliphatic heterocycles. The van der Waals surface area contributed by atoms with Crippen molar-refractivity contribution in [2.24, 2.45) is 22.9 Å². The molecule has 1 fully saturated rings. The molecule has 9 amide bonds. The summed E-state index contributed by atoms with van der Waals surface area (Å²) in [6, 6.07) is 15.9.